The predicted octanol–water partition coefficient (Wildman–Crippen LogP) is 3.34. The number of hydrogen-bond donors (Lipinski definition) is 0. The number of aryl methyl sites for hydroxylation is 2. The molecule has 1 spiro atoms. The zero-order valence-electron chi connectivity index (χ0n) is 10.8. The van der Waals surface area contributed by atoms with E-state index in [0.717, 1.165) is 19.3 Å². The number of benzene rings is 1. The van der Waals surface area contributed by atoms with Gasteiger partial charge in [0.1, 0.15) is 5.78 Å². The van der Waals surface area contributed by atoms with Crippen molar-refractivity contribution >= 4 is 5.78 Å². The van der Waals surface area contributed by atoms with Gasteiger partial charge in [0, 0.05) is 6.42 Å². The number of fused-ring (bicyclic) bond motifs is 5. The molecule has 3 aliphatic carbocycles. The SMILES string of the molecule is Cc1cccc2c1C1(CC3C=CC1C3)C(=O)CC2. The summed E-state index contributed by atoms with van der Waals surface area (Å²) >= 11 is 0. The van der Waals surface area contributed by atoms with Crippen molar-refractivity contribution in [1.82, 2.24) is 0 Å². The van der Waals surface area contributed by atoms with Crippen molar-refractivity contribution in [3.05, 3.63) is 47.0 Å². The third kappa shape index (κ3) is 1.10. The summed E-state index contributed by atoms with van der Waals surface area (Å²) < 4.78 is 0. The lowest BCUT2D eigenvalue weighted by Crippen LogP contribution is -2.44. The summed E-state index contributed by atoms with van der Waals surface area (Å²) in [6.07, 6.45) is 8.58. The summed E-state index contributed by atoms with van der Waals surface area (Å²) in [5.74, 6) is 1.61. The molecule has 1 nitrogen and oxygen atoms in total. The molecule has 0 saturated heterocycles. The van der Waals surface area contributed by atoms with Crippen molar-refractivity contribution in [2.75, 3.05) is 0 Å². The van der Waals surface area contributed by atoms with Gasteiger partial charge < -0.3 is 0 Å². The maximum absolute atomic E-state index is 12.7. The molecule has 0 N–H and O–H groups in total. The Hall–Kier alpha value is -1.37. The maximum atomic E-state index is 12.7. The van der Waals surface area contributed by atoms with Gasteiger partial charge in [-0.3, -0.25) is 4.79 Å². The molecule has 0 aliphatic heterocycles. The molecule has 0 heterocycles. The number of carbonyl (C=O) groups excluding carboxylic acids is 1. The Morgan fingerprint density at radius 3 is 2.83 bits per heavy atom. The van der Waals surface area contributed by atoms with Crippen molar-refractivity contribution in [1.29, 1.82) is 0 Å². The second-order valence-electron chi connectivity index (χ2n) is 6.19. The summed E-state index contributed by atoms with van der Waals surface area (Å²) in [6, 6.07) is 6.54. The molecule has 2 bridgehead atoms. The molecule has 1 saturated carbocycles. The van der Waals surface area contributed by atoms with Gasteiger partial charge in [-0.2, -0.15) is 0 Å². The maximum Gasteiger partial charge on any atom is 0.144 e. The van der Waals surface area contributed by atoms with Gasteiger partial charge in [0.2, 0.25) is 0 Å². The number of Topliss-reactive ketones (excluding diaryl/α,β-unsaturated/α-hetero) is 1. The lowest BCUT2D eigenvalue weighted by atomic mass is 9.61. The van der Waals surface area contributed by atoms with E-state index in [1.165, 1.54) is 23.1 Å². The molecule has 3 unspecified atom stereocenters. The summed E-state index contributed by atoms with van der Waals surface area (Å²) in [5.41, 5.74) is 3.98. The lowest BCUT2D eigenvalue weighted by Gasteiger charge is -2.40. The molecule has 18 heavy (non-hydrogen) atoms. The molecule has 1 aromatic carbocycles. The van der Waals surface area contributed by atoms with E-state index < -0.39 is 0 Å². The third-order valence-electron chi connectivity index (χ3n) is 5.31. The lowest BCUT2D eigenvalue weighted by molar-refractivity contribution is -0.126. The second kappa shape index (κ2) is 3.34. The van der Waals surface area contributed by atoms with Crippen LogP contribution in [0.4, 0.5) is 0 Å². The molecular weight excluding hydrogens is 220 g/mol. The Morgan fingerprint density at radius 1 is 1.22 bits per heavy atom. The first-order valence-corrected chi connectivity index (χ1v) is 7.02. The van der Waals surface area contributed by atoms with E-state index in [9.17, 15) is 4.79 Å². The molecule has 4 rings (SSSR count). The van der Waals surface area contributed by atoms with Crippen LogP contribution in [0.3, 0.4) is 0 Å². The molecule has 1 fully saturated rings. The van der Waals surface area contributed by atoms with E-state index in [-0.39, 0.29) is 5.41 Å². The molecule has 3 atom stereocenters. The van der Waals surface area contributed by atoms with Gasteiger partial charge in [-0.15, -0.1) is 0 Å². The highest BCUT2D eigenvalue weighted by Gasteiger charge is 2.56. The van der Waals surface area contributed by atoms with Crippen LogP contribution >= 0.6 is 0 Å². The van der Waals surface area contributed by atoms with Crippen LogP contribution < -0.4 is 0 Å². The van der Waals surface area contributed by atoms with Crippen molar-refractivity contribution < 1.29 is 4.79 Å². The van der Waals surface area contributed by atoms with E-state index in [4.69, 9.17) is 0 Å². The Morgan fingerprint density at radius 2 is 2.11 bits per heavy atom. The van der Waals surface area contributed by atoms with Crippen molar-refractivity contribution in [2.45, 2.75) is 38.0 Å². The van der Waals surface area contributed by atoms with Gasteiger partial charge in [-0.1, -0.05) is 30.4 Å². The Balaban J connectivity index is 1.99. The van der Waals surface area contributed by atoms with Gasteiger partial charge >= 0.3 is 0 Å². The summed E-state index contributed by atoms with van der Waals surface area (Å²) in [7, 11) is 0. The molecule has 0 radical (unpaired) electrons. The standard InChI is InChI=1S/C17H18O/c1-11-3-2-4-13-6-8-15(18)17(16(11)13)10-12-5-7-14(17)9-12/h2-5,7,12,14H,6,8-10H2,1H3. The molecule has 1 aromatic rings. The minimum Gasteiger partial charge on any atom is -0.299 e. The first-order valence-electron chi connectivity index (χ1n) is 7.02. The van der Waals surface area contributed by atoms with Crippen molar-refractivity contribution in [3.63, 3.8) is 0 Å². The minimum absolute atomic E-state index is 0.154. The minimum atomic E-state index is -0.154. The van der Waals surface area contributed by atoms with Gasteiger partial charge in [0.15, 0.2) is 0 Å². The van der Waals surface area contributed by atoms with Crippen LogP contribution in [0.1, 0.15) is 36.0 Å². The van der Waals surface area contributed by atoms with Crippen LogP contribution in [0.25, 0.3) is 0 Å². The van der Waals surface area contributed by atoms with E-state index in [1.807, 2.05) is 0 Å². The number of ketones is 1. The van der Waals surface area contributed by atoms with E-state index in [2.05, 4.69) is 37.3 Å². The second-order valence-corrected chi connectivity index (χ2v) is 6.19. The van der Waals surface area contributed by atoms with Gasteiger partial charge in [0.25, 0.3) is 0 Å². The molecule has 0 amide bonds. The fourth-order valence-corrected chi connectivity index (χ4v) is 4.65. The van der Waals surface area contributed by atoms with Crippen LogP contribution in [0.2, 0.25) is 0 Å². The van der Waals surface area contributed by atoms with Gasteiger partial charge in [0.05, 0.1) is 5.41 Å². The van der Waals surface area contributed by atoms with Gasteiger partial charge in [-0.05, 0) is 54.7 Å². The average molecular weight is 238 g/mol. The van der Waals surface area contributed by atoms with Gasteiger partial charge in [-0.25, -0.2) is 0 Å². The highest BCUT2D eigenvalue weighted by atomic mass is 16.1. The number of hydrogen-bond acceptors (Lipinski definition) is 1. The summed E-state index contributed by atoms with van der Waals surface area (Å²) in [6.45, 7) is 2.18. The van der Waals surface area contributed by atoms with E-state index in [0.29, 0.717) is 17.6 Å². The highest BCUT2D eigenvalue weighted by molar-refractivity contribution is 5.94. The monoisotopic (exact) mass is 238 g/mol. The Labute approximate surface area is 108 Å². The van der Waals surface area contributed by atoms with Crippen molar-refractivity contribution in [3.8, 4) is 0 Å². The topological polar surface area (TPSA) is 17.1 Å². The van der Waals surface area contributed by atoms with Crippen LogP contribution in [0, 0.1) is 18.8 Å². The normalized spacial score (nSPS) is 36.4. The van der Waals surface area contributed by atoms with E-state index in [1.54, 1.807) is 0 Å². The van der Waals surface area contributed by atoms with Crippen LogP contribution in [0.15, 0.2) is 30.4 Å². The molecule has 1 heteroatoms. The first kappa shape index (κ1) is 10.5. The highest BCUT2D eigenvalue weighted by Crippen LogP contribution is 2.57. The molecule has 0 aromatic heterocycles. The fraction of sp³-hybridized carbons (Fsp3) is 0.471. The number of rotatable bonds is 0. The largest absolute Gasteiger partial charge is 0.299 e. The molecule has 92 valence electrons. The zero-order chi connectivity index (χ0) is 12.3. The summed E-state index contributed by atoms with van der Waals surface area (Å²) in [5, 5.41) is 0. The quantitative estimate of drug-likeness (QED) is 0.633. The van der Waals surface area contributed by atoms with Crippen LogP contribution in [-0.4, -0.2) is 5.78 Å². The van der Waals surface area contributed by atoms with Crippen LogP contribution in [-0.2, 0) is 16.6 Å². The van der Waals surface area contributed by atoms with Crippen LogP contribution in [0.5, 0.6) is 0 Å². The predicted molar refractivity (Wildman–Crippen MR) is 71.5 cm³/mol. The average Bonchev–Trinajstić information content (AvgIpc) is 2.95. The third-order valence-corrected chi connectivity index (χ3v) is 5.31. The van der Waals surface area contributed by atoms with Crippen molar-refractivity contribution in [2.24, 2.45) is 11.8 Å². The smallest absolute Gasteiger partial charge is 0.144 e. The van der Waals surface area contributed by atoms with E-state index >= 15 is 0 Å². The first-order chi connectivity index (χ1) is 8.72. The zero-order valence-corrected chi connectivity index (χ0v) is 10.8. The molecule has 3 aliphatic rings. The number of carbonyl (C=O) groups is 1. The Kier molecular flexibility index (Phi) is 1.96. The summed E-state index contributed by atoms with van der Waals surface area (Å²) in [4.78, 5) is 12.7. The Bertz CT molecular complexity index is 569. The fourth-order valence-electron chi connectivity index (χ4n) is 4.65. The number of allylic oxidation sites excluding steroid dienone is 2. The molecular formula is C17H18O.